The summed E-state index contributed by atoms with van der Waals surface area (Å²) in [5, 5.41) is 0.196. The molecule has 0 saturated heterocycles. The molecule has 0 bridgehead atoms. The van der Waals surface area contributed by atoms with Crippen LogP contribution in [-0.2, 0) is 22.3 Å². The minimum absolute atomic E-state index is 0.196. The second-order valence-corrected chi connectivity index (χ2v) is 14.0. The van der Waals surface area contributed by atoms with E-state index in [-0.39, 0.29) is 11.1 Å². The number of nitrogens with zero attached hydrogens (tertiary/aromatic N) is 1. The lowest BCUT2D eigenvalue weighted by Crippen LogP contribution is -2.40. The molecule has 0 unspecified atom stereocenters. The Labute approximate surface area is 154 Å². The summed E-state index contributed by atoms with van der Waals surface area (Å²) in [6.07, 6.45) is -0.310. The highest BCUT2D eigenvalue weighted by Crippen LogP contribution is 2.37. The zero-order chi connectivity index (χ0) is 19.5. The smallest absolute Gasteiger partial charge is 0.410 e. The summed E-state index contributed by atoms with van der Waals surface area (Å²) in [4.78, 5) is 13.7. The second-order valence-electron chi connectivity index (χ2n) is 9.21. The molecule has 1 amide bonds. The predicted molar refractivity (Wildman–Crippen MR) is 106 cm³/mol. The molecule has 0 saturated carbocycles. The van der Waals surface area contributed by atoms with Crippen molar-refractivity contribution in [3.63, 3.8) is 0 Å². The molecule has 0 aliphatic heterocycles. The number of hydrogen-bond donors (Lipinski definition) is 0. The minimum atomic E-state index is -1.77. The molecule has 0 fully saturated rings. The van der Waals surface area contributed by atoms with Gasteiger partial charge in [0.25, 0.3) is 0 Å². The monoisotopic (exact) mass is 365 g/mol. The first-order chi connectivity index (χ1) is 11.2. The van der Waals surface area contributed by atoms with E-state index >= 15 is 0 Å². The Kier molecular flexibility index (Phi) is 6.87. The maximum absolute atomic E-state index is 12.1. The molecule has 25 heavy (non-hydrogen) atoms. The van der Waals surface area contributed by atoms with Crippen LogP contribution in [0.3, 0.4) is 0 Å². The van der Waals surface area contributed by atoms with Gasteiger partial charge in [-0.3, -0.25) is 0 Å². The Morgan fingerprint density at radius 2 is 1.64 bits per heavy atom. The molecule has 0 N–H and O–H groups in total. The molecule has 0 spiro atoms. The topological polar surface area (TPSA) is 38.8 Å². The average Bonchev–Trinajstić information content (AvgIpc) is 2.42. The van der Waals surface area contributed by atoms with Crippen LogP contribution in [0.25, 0.3) is 0 Å². The van der Waals surface area contributed by atoms with Gasteiger partial charge in [-0.25, -0.2) is 4.79 Å². The van der Waals surface area contributed by atoms with Crippen molar-refractivity contribution in [1.82, 2.24) is 4.90 Å². The van der Waals surface area contributed by atoms with Crippen LogP contribution in [0.4, 0.5) is 4.79 Å². The van der Waals surface area contributed by atoms with E-state index in [4.69, 9.17) is 9.16 Å². The van der Waals surface area contributed by atoms with Gasteiger partial charge in [0.15, 0.2) is 8.32 Å². The summed E-state index contributed by atoms with van der Waals surface area (Å²) in [6, 6.07) is 8.22. The van der Waals surface area contributed by atoms with E-state index in [1.165, 1.54) is 0 Å². The van der Waals surface area contributed by atoms with Gasteiger partial charge in [-0.15, -0.1) is 0 Å². The number of rotatable bonds is 5. The summed E-state index contributed by atoms with van der Waals surface area (Å²) >= 11 is 0. The Balaban J connectivity index is 2.71. The van der Waals surface area contributed by atoms with Gasteiger partial charge in [0.1, 0.15) is 5.60 Å². The zero-order valence-electron chi connectivity index (χ0n) is 17.4. The largest absolute Gasteiger partial charge is 0.444 e. The minimum Gasteiger partial charge on any atom is -0.444 e. The fourth-order valence-corrected chi connectivity index (χ4v) is 2.94. The highest BCUT2D eigenvalue weighted by molar-refractivity contribution is 6.74. The number of carbonyl (C=O) groups is 1. The normalized spacial score (nSPS) is 12.8. The highest BCUT2D eigenvalue weighted by atomic mass is 28.4. The number of amides is 1. The lowest BCUT2D eigenvalue weighted by atomic mass is 10.1. The number of carbonyl (C=O) groups excluding carboxylic acids is 1. The quantitative estimate of drug-likeness (QED) is 0.640. The molecule has 0 aliphatic carbocycles. The van der Waals surface area contributed by atoms with Gasteiger partial charge in [0.2, 0.25) is 0 Å². The van der Waals surface area contributed by atoms with Gasteiger partial charge in [0.05, 0.1) is 6.61 Å². The molecule has 0 atom stereocenters. The van der Waals surface area contributed by atoms with Crippen molar-refractivity contribution in [3.05, 3.63) is 35.4 Å². The van der Waals surface area contributed by atoms with E-state index in [1.54, 1.807) is 11.9 Å². The number of benzene rings is 1. The SMILES string of the molecule is CN(Cc1cccc(CO[Si](C)(C)C(C)(C)C)c1)C(=O)OC(C)(C)C. The van der Waals surface area contributed by atoms with Gasteiger partial charge in [-0.1, -0.05) is 45.0 Å². The van der Waals surface area contributed by atoms with Crippen LogP contribution >= 0.6 is 0 Å². The van der Waals surface area contributed by atoms with Crippen LogP contribution in [0.15, 0.2) is 24.3 Å². The second kappa shape index (κ2) is 7.91. The maximum atomic E-state index is 12.1. The molecular weight excluding hydrogens is 330 g/mol. The molecule has 4 nitrogen and oxygen atoms in total. The molecule has 5 heteroatoms. The summed E-state index contributed by atoms with van der Waals surface area (Å²) in [6.45, 7) is 18.0. The first kappa shape index (κ1) is 21.7. The van der Waals surface area contributed by atoms with Crippen molar-refractivity contribution >= 4 is 14.4 Å². The average molecular weight is 366 g/mol. The summed E-state index contributed by atoms with van der Waals surface area (Å²) in [5.41, 5.74) is 1.73. The van der Waals surface area contributed by atoms with E-state index in [2.05, 4.69) is 46.0 Å². The van der Waals surface area contributed by atoms with Crippen LogP contribution in [0.2, 0.25) is 18.1 Å². The zero-order valence-corrected chi connectivity index (χ0v) is 18.4. The summed E-state index contributed by atoms with van der Waals surface area (Å²) < 4.78 is 11.7. The van der Waals surface area contributed by atoms with Crippen LogP contribution in [-0.4, -0.2) is 32.0 Å². The van der Waals surface area contributed by atoms with Crippen LogP contribution in [0, 0.1) is 0 Å². The number of ether oxygens (including phenoxy) is 1. The lowest BCUT2D eigenvalue weighted by molar-refractivity contribution is 0.0285. The lowest BCUT2D eigenvalue weighted by Gasteiger charge is -2.36. The molecule has 0 aliphatic rings. The summed E-state index contributed by atoms with van der Waals surface area (Å²) in [5.74, 6) is 0. The van der Waals surface area contributed by atoms with E-state index in [0.717, 1.165) is 11.1 Å². The van der Waals surface area contributed by atoms with Crippen molar-refractivity contribution in [3.8, 4) is 0 Å². The first-order valence-corrected chi connectivity index (χ1v) is 11.8. The molecule has 1 aromatic rings. The molecule has 0 radical (unpaired) electrons. The molecule has 0 heterocycles. The van der Waals surface area contributed by atoms with Crippen molar-refractivity contribution in [2.75, 3.05) is 7.05 Å². The molecular formula is C20H35NO3Si. The van der Waals surface area contributed by atoms with Crippen molar-refractivity contribution in [2.24, 2.45) is 0 Å². The van der Waals surface area contributed by atoms with Gasteiger partial charge in [-0.05, 0) is 50.0 Å². The van der Waals surface area contributed by atoms with Gasteiger partial charge in [-0.2, -0.15) is 0 Å². The molecule has 142 valence electrons. The third kappa shape index (κ3) is 7.20. The van der Waals surface area contributed by atoms with Crippen molar-refractivity contribution < 1.29 is 14.0 Å². The Morgan fingerprint density at radius 1 is 1.08 bits per heavy atom. The molecule has 1 aromatic carbocycles. The Morgan fingerprint density at radius 3 is 2.16 bits per heavy atom. The maximum Gasteiger partial charge on any atom is 0.410 e. The first-order valence-electron chi connectivity index (χ1n) is 8.87. The fraction of sp³-hybridized carbons (Fsp3) is 0.650. The van der Waals surface area contributed by atoms with Gasteiger partial charge in [0, 0.05) is 13.6 Å². The van der Waals surface area contributed by atoms with Crippen LogP contribution in [0.5, 0.6) is 0 Å². The third-order valence-electron chi connectivity index (χ3n) is 4.52. The third-order valence-corrected chi connectivity index (χ3v) is 9.00. The van der Waals surface area contributed by atoms with E-state index in [1.807, 2.05) is 32.9 Å². The van der Waals surface area contributed by atoms with Crippen LogP contribution in [0.1, 0.15) is 52.7 Å². The van der Waals surface area contributed by atoms with Gasteiger partial charge < -0.3 is 14.1 Å². The van der Waals surface area contributed by atoms with E-state index in [0.29, 0.717) is 13.2 Å². The Bertz CT molecular complexity index is 585. The van der Waals surface area contributed by atoms with Gasteiger partial charge >= 0.3 is 6.09 Å². The van der Waals surface area contributed by atoms with Crippen LogP contribution < -0.4 is 0 Å². The standard InChI is InChI=1S/C20H35NO3Si/c1-19(2,3)24-18(22)21(7)14-16-11-10-12-17(13-16)15-23-25(8,9)20(4,5)6/h10-13H,14-15H2,1-9H3. The van der Waals surface area contributed by atoms with E-state index < -0.39 is 13.9 Å². The van der Waals surface area contributed by atoms with E-state index in [9.17, 15) is 4.79 Å². The highest BCUT2D eigenvalue weighted by Gasteiger charge is 2.37. The number of hydrogen-bond acceptors (Lipinski definition) is 3. The fourth-order valence-electron chi connectivity index (χ4n) is 1.98. The Hall–Kier alpha value is -1.33. The molecule has 1 rings (SSSR count). The summed E-state index contributed by atoms with van der Waals surface area (Å²) in [7, 11) is -0.00947. The molecule has 0 aromatic heterocycles. The van der Waals surface area contributed by atoms with Crippen molar-refractivity contribution in [1.29, 1.82) is 0 Å². The predicted octanol–water partition coefficient (Wildman–Crippen LogP) is 5.58. The van der Waals surface area contributed by atoms with Crippen molar-refractivity contribution in [2.45, 2.75) is 78.4 Å².